The van der Waals surface area contributed by atoms with E-state index in [2.05, 4.69) is 12.6 Å². The van der Waals surface area contributed by atoms with E-state index >= 15 is 0 Å². The summed E-state index contributed by atoms with van der Waals surface area (Å²) in [6.07, 6.45) is 0. The number of anilines is 1. The van der Waals surface area contributed by atoms with Gasteiger partial charge in [-0.05, 0) is 12.1 Å². The van der Waals surface area contributed by atoms with Crippen molar-refractivity contribution >= 4 is 18.3 Å². The van der Waals surface area contributed by atoms with Crippen LogP contribution < -0.4 is 5.73 Å². The molecule has 0 aromatic heterocycles. The Labute approximate surface area is 82.2 Å². The molecular weight excluding hydrogens is 186 g/mol. The van der Waals surface area contributed by atoms with Crippen LogP contribution in [0.15, 0.2) is 24.3 Å². The van der Waals surface area contributed by atoms with Gasteiger partial charge >= 0.3 is 0 Å². The highest BCUT2D eigenvalue weighted by molar-refractivity contribution is 7.81. The Balaban J connectivity index is 2.29. The van der Waals surface area contributed by atoms with Crippen molar-refractivity contribution in [1.29, 1.82) is 0 Å². The first-order chi connectivity index (χ1) is 6.21. The molecule has 0 aliphatic carbocycles. The van der Waals surface area contributed by atoms with Gasteiger partial charge in [0.2, 0.25) is 5.12 Å². The number of rotatable bonds is 1. The zero-order valence-electron chi connectivity index (χ0n) is 7.06. The molecule has 0 bridgehead atoms. The lowest BCUT2D eigenvalue weighted by molar-refractivity contribution is -0.0794. The van der Waals surface area contributed by atoms with Crippen molar-refractivity contribution in [2.24, 2.45) is 0 Å². The van der Waals surface area contributed by atoms with Crippen LogP contribution >= 0.6 is 12.6 Å². The third kappa shape index (κ3) is 1.65. The molecule has 0 amide bonds. The molecule has 0 spiro atoms. The van der Waals surface area contributed by atoms with E-state index in [1.807, 2.05) is 12.1 Å². The molecule has 4 heteroatoms. The molecule has 2 rings (SSSR count). The molecule has 1 aromatic rings. The minimum atomic E-state index is -0.881. The number of benzene rings is 1. The fourth-order valence-corrected chi connectivity index (χ4v) is 1.59. The highest BCUT2D eigenvalue weighted by atomic mass is 32.1. The summed E-state index contributed by atoms with van der Waals surface area (Å²) in [6, 6.07) is 7.32. The van der Waals surface area contributed by atoms with Gasteiger partial charge in [-0.1, -0.05) is 12.1 Å². The molecule has 1 heterocycles. The second-order valence-corrected chi connectivity index (χ2v) is 3.49. The van der Waals surface area contributed by atoms with Crippen LogP contribution in [-0.2, 0) is 14.6 Å². The largest absolute Gasteiger partial charge is 0.399 e. The Hall–Kier alpha value is -0.710. The SMILES string of the molecule is Nc1ccc(C2(S)OCCO2)cc1. The molecule has 0 atom stereocenters. The van der Waals surface area contributed by atoms with Crippen molar-refractivity contribution in [3.8, 4) is 0 Å². The van der Waals surface area contributed by atoms with Crippen molar-refractivity contribution in [3.05, 3.63) is 29.8 Å². The summed E-state index contributed by atoms with van der Waals surface area (Å²) in [5, 5.41) is -0.881. The third-order valence-electron chi connectivity index (χ3n) is 1.95. The molecule has 3 nitrogen and oxygen atoms in total. The molecule has 0 saturated carbocycles. The van der Waals surface area contributed by atoms with Gasteiger partial charge in [-0.2, -0.15) is 0 Å². The van der Waals surface area contributed by atoms with Crippen LogP contribution in [0.25, 0.3) is 0 Å². The maximum Gasteiger partial charge on any atom is 0.243 e. The van der Waals surface area contributed by atoms with Crippen molar-refractivity contribution in [2.75, 3.05) is 18.9 Å². The van der Waals surface area contributed by atoms with Crippen LogP contribution in [0.5, 0.6) is 0 Å². The molecule has 0 radical (unpaired) electrons. The molecule has 2 N–H and O–H groups in total. The highest BCUT2D eigenvalue weighted by Gasteiger charge is 2.34. The predicted octanol–water partition coefficient (Wildman–Crippen LogP) is 1.36. The van der Waals surface area contributed by atoms with Crippen molar-refractivity contribution in [3.63, 3.8) is 0 Å². The van der Waals surface area contributed by atoms with E-state index in [-0.39, 0.29) is 0 Å². The van der Waals surface area contributed by atoms with Crippen molar-refractivity contribution in [2.45, 2.75) is 5.12 Å². The smallest absolute Gasteiger partial charge is 0.243 e. The van der Waals surface area contributed by atoms with Crippen molar-refractivity contribution < 1.29 is 9.47 Å². The van der Waals surface area contributed by atoms with Gasteiger partial charge in [-0.25, -0.2) is 0 Å². The molecule has 1 saturated heterocycles. The Morgan fingerprint density at radius 1 is 1.15 bits per heavy atom. The van der Waals surface area contributed by atoms with E-state index in [1.54, 1.807) is 12.1 Å². The standard InChI is InChI=1S/C9H11NO2S/c10-8-3-1-7(2-4-8)9(13)11-5-6-12-9/h1-4,13H,5-6,10H2. The fourth-order valence-electron chi connectivity index (χ4n) is 1.26. The normalized spacial score (nSPS) is 20.4. The number of hydrogen-bond acceptors (Lipinski definition) is 4. The summed E-state index contributed by atoms with van der Waals surface area (Å²) >= 11 is 4.32. The molecule has 1 fully saturated rings. The van der Waals surface area contributed by atoms with Crippen molar-refractivity contribution in [1.82, 2.24) is 0 Å². The maximum absolute atomic E-state index is 5.56. The second kappa shape index (κ2) is 3.21. The number of thiol groups is 1. The number of hydrogen-bond donors (Lipinski definition) is 2. The zero-order valence-corrected chi connectivity index (χ0v) is 7.96. The monoisotopic (exact) mass is 197 g/mol. The molecule has 1 aliphatic rings. The van der Waals surface area contributed by atoms with Gasteiger partial charge in [-0.15, -0.1) is 12.6 Å². The van der Waals surface area contributed by atoms with Gasteiger partial charge in [0, 0.05) is 11.3 Å². The van der Waals surface area contributed by atoms with Crippen LogP contribution in [0.4, 0.5) is 5.69 Å². The van der Waals surface area contributed by atoms with Gasteiger partial charge in [-0.3, -0.25) is 0 Å². The minimum Gasteiger partial charge on any atom is -0.399 e. The number of nitrogen functional groups attached to an aromatic ring is 1. The van der Waals surface area contributed by atoms with Crippen LogP contribution in [0.1, 0.15) is 5.56 Å². The van der Waals surface area contributed by atoms with Crippen LogP contribution in [0.3, 0.4) is 0 Å². The quantitative estimate of drug-likeness (QED) is 0.527. The van der Waals surface area contributed by atoms with E-state index in [4.69, 9.17) is 15.2 Å². The van der Waals surface area contributed by atoms with Gasteiger partial charge in [0.25, 0.3) is 0 Å². The topological polar surface area (TPSA) is 44.5 Å². The average molecular weight is 197 g/mol. The van der Waals surface area contributed by atoms with Crippen LogP contribution in [0, 0.1) is 0 Å². The third-order valence-corrected chi connectivity index (χ3v) is 2.47. The lowest BCUT2D eigenvalue weighted by Crippen LogP contribution is -2.18. The van der Waals surface area contributed by atoms with E-state index < -0.39 is 5.12 Å². The first-order valence-corrected chi connectivity index (χ1v) is 4.52. The maximum atomic E-state index is 5.56. The second-order valence-electron chi connectivity index (χ2n) is 2.90. The minimum absolute atomic E-state index is 0.577. The highest BCUT2D eigenvalue weighted by Crippen LogP contribution is 2.35. The van der Waals surface area contributed by atoms with E-state index in [0.717, 1.165) is 11.3 Å². The summed E-state index contributed by atoms with van der Waals surface area (Å²) in [6.45, 7) is 1.15. The molecule has 1 aliphatic heterocycles. The first kappa shape index (κ1) is 8.87. The predicted molar refractivity (Wildman–Crippen MR) is 53.4 cm³/mol. The summed E-state index contributed by atoms with van der Waals surface area (Å²) in [5.41, 5.74) is 7.16. The Morgan fingerprint density at radius 2 is 1.69 bits per heavy atom. The van der Waals surface area contributed by atoms with Gasteiger partial charge < -0.3 is 15.2 Å². The fraction of sp³-hybridized carbons (Fsp3) is 0.333. The molecule has 0 unspecified atom stereocenters. The van der Waals surface area contributed by atoms with Crippen LogP contribution in [-0.4, -0.2) is 13.2 Å². The summed E-state index contributed by atoms with van der Waals surface area (Å²) in [5.74, 6) is 0. The Morgan fingerprint density at radius 3 is 2.23 bits per heavy atom. The van der Waals surface area contributed by atoms with Gasteiger partial charge in [0.15, 0.2) is 0 Å². The summed E-state index contributed by atoms with van der Waals surface area (Å²) < 4.78 is 10.7. The molecule has 70 valence electrons. The Kier molecular flexibility index (Phi) is 2.19. The number of nitrogens with two attached hydrogens (primary N) is 1. The average Bonchev–Trinajstić information content (AvgIpc) is 2.54. The van der Waals surface area contributed by atoms with Gasteiger partial charge in [0.1, 0.15) is 0 Å². The molecular formula is C9H11NO2S. The lowest BCUT2D eigenvalue weighted by atomic mass is 10.2. The lowest BCUT2D eigenvalue weighted by Gasteiger charge is -2.21. The molecule has 13 heavy (non-hydrogen) atoms. The first-order valence-electron chi connectivity index (χ1n) is 4.07. The summed E-state index contributed by atoms with van der Waals surface area (Å²) in [4.78, 5) is 0. The zero-order chi connectivity index (χ0) is 9.31. The van der Waals surface area contributed by atoms with E-state index in [1.165, 1.54) is 0 Å². The van der Waals surface area contributed by atoms with E-state index in [9.17, 15) is 0 Å². The van der Waals surface area contributed by atoms with Gasteiger partial charge in [0.05, 0.1) is 13.2 Å². The van der Waals surface area contributed by atoms with E-state index in [0.29, 0.717) is 13.2 Å². The molecule has 1 aromatic carbocycles. The van der Waals surface area contributed by atoms with Crippen LogP contribution in [0.2, 0.25) is 0 Å². The number of ether oxygens (including phenoxy) is 2. The summed E-state index contributed by atoms with van der Waals surface area (Å²) in [7, 11) is 0. The Bertz CT molecular complexity index is 293.